The average Bonchev–Trinajstić information content (AvgIpc) is 3.39. The molecule has 1 aliphatic rings. The average molecular weight is 344 g/mol. The van der Waals surface area contributed by atoms with Crippen molar-refractivity contribution in [3.8, 4) is 0 Å². The Morgan fingerprint density at radius 1 is 1.04 bits per heavy atom. The first-order valence-corrected chi connectivity index (χ1v) is 8.01. The largest absolute Gasteiger partial charge is 0.341 e. The van der Waals surface area contributed by atoms with E-state index < -0.39 is 35.1 Å². The van der Waals surface area contributed by atoms with Gasteiger partial charge in [0, 0.05) is 13.6 Å². The number of nitrogens with one attached hydrogen (secondary N) is 1. The van der Waals surface area contributed by atoms with Gasteiger partial charge < -0.3 is 10.2 Å². The fourth-order valence-corrected chi connectivity index (χ4v) is 2.81. The van der Waals surface area contributed by atoms with Crippen molar-refractivity contribution < 1.29 is 18.4 Å². The molecule has 2 aromatic carbocycles. The van der Waals surface area contributed by atoms with Crippen molar-refractivity contribution in [2.45, 2.75) is 13.0 Å². The van der Waals surface area contributed by atoms with Gasteiger partial charge in [0.15, 0.2) is 0 Å². The summed E-state index contributed by atoms with van der Waals surface area (Å²) in [5, 5.41) is 2.25. The molecular formula is C19H18F2N2O2. The zero-order chi connectivity index (χ0) is 18.0. The third kappa shape index (κ3) is 3.84. The fraction of sp³-hybridized carbons (Fsp3) is 0.263. The molecule has 0 radical (unpaired) electrons. The molecule has 1 fully saturated rings. The van der Waals surface area contributed by atoms with Crippen molar-refractivity contribution in [2.24, 2.45) is 11.8 Å². The summed E-state index contributed by atoms with van der Waals surface area (Å²) in [6.45, 7) is 0.451. The van der Waals surface area contributed by atoms with Gasteiger partial charge in [-0.25, -0.2) is 8.78 Å². The van der Waals surface area contributed by atoms with E-state index in [2.05, 4.69) is 5.32 Å². The highest BCUT2D eigenvalue weighted by molar-refractivity contribution is 5.99. The predicted molar refractivity (Wildman–Crippen MR) is 89.5 cm³/mol. The van der Waals surface area contributed by atoms with Gasteiger partial charge in [0.25, 0.3) is 0 Å². The van der Waals surface area contributed by atoms with Crippen LogP contribution in [0.4, 0.5) is 14.5 Å². The summed E-state index contributed by atoms with van der Waals surface area (Å²) in [4.78, 5) is 26.1. The summed E-state index contributed by atoms with van der Waals surface area (Å²) in [7, 11) is 1.68. The molecule has 2 aromatic rings. The Kier molecular flexibility index (Phi) is 4.79. The van der Waals surface area contributed by atoms with Crippen molar-refractivity contribution in [3.63, 3.8) is 0 Å². The third-order valence-corrected chi connectivity index (χ3v) is 4.29. The second-order valence-electron chi connectivity index (χ2n) is 6.21. The van der Waals surface area contributed by atoms with E-state index in [1.54, 1.807) is 11.9 Å². The lowest BCUT2D eigenvalue weighted by atomic mass is 10.2. The zero-order valence-electron chi connectivity index (χ0n) is 13.7. The number of rotatable bonds is 5. The molecule has 6 heteroatoms. The number of carbonyl (C=O) groups excluding carboxylic acids is 2. The Bertz CT molecular complexity index is 775. The van der Waals surface area contributed by atoms with Gasteiger partial charge >= 0.3 is 0 Å². The van der Waals surface area contributed by atoms with E-state index in [9.17, 15) is 18.4 Å². The van der Waals surface area contributed by atoms with Crippen molar-refractivity contribution in [1.29, 1.82) is 0 Å². The summed E-state index contributed by atoms with van der Waals surface area (Å²) in [5.41, 5.74) is 0.525. The number of hydrogen-bond donors (Lipinski definition) is 1. The maximum absolute atomic E-state index is 13.6. The number of carbonyl (C=O) groups is 2. The lowest BCUT2D eigenvalue weighted by Crippen LogP contribution is -2.29. The molecule has 0 aliphatic heterocycles. The van der Waals surface area contributed by atoms with Crippen LogP contribution in [0.1, 0.15) is 12.0 Å². The summed E-state index contributed by atoms with van der Waals surface area (Å²) in [5.74, 6) is -3.34. The van der Waals surface area contributed by atoms with Crippen molar-refractivity contribution in [2.75, 3.05) is 12.4 Å². The molecule has 0 bridgehead atoms. The number of nitrogens with zero attached hydrogens (tertiary/aromatic N) is 1. The monoisotopic (exact) mass is 344 g/mol. The van der Waals surface area contributed by atoms with E-state index >= 15 is 0 Å². The molecule has 2 unspecified atom stereocenters. The fourth-order valence-electron chi connectivity index (χ4n) is 2.81. The first-order valence-electron chi connectivity index (χ1n) is 8.01. The van der Waals surface area contributed by atoms with Crippen LogP contribution in [-0.4, -0.2) is 23.8 Å². The molecule has 1 saturated carbocycles. The van der Waals surface area contributed by atoms with Gasteiger partial charge in [0.2, 0.25) is 11.8 Å². The van der Waals surface area contributed by atoms with Gasteiger partial charge in [0.05, 0.1) is 11.8 Å². The summed E-state index contributed by atoms with van der Waals surface area (Å²) < 4.78 is 27.2. The predicted octanol–water partition coefficient (Wildman–Crippen LogP) is 3.20. The SMILES string of the molecule is CN(Cc1ccccc1)C(=O)C1CC1C(=O)Nc1c(F)cccc1F. The smallest absolute Gasteiger partial charge is 0.228 e. The maximum Gasteiger partial charge on any atom is 0.228 e. The molecule has 0 saturated heterocycles. The molecule has 1 aliphatic carbocycles. The van der Waals surface area contributed by atoms with Crippen LogP contribution in [0.15, 0.2) is 48.5 Å². The van der Waals surface area contributed by atoms with Crippen LogP contribution in [0.25, 0.3) is 0 Å². The van der Waals surface area contributed by atoms with Gasteiger partial charge in [-0.2, -0.15) is 0 Å². The van der Waals surface area contributed by atoms with Crippen LogP contribution < -0.4 is 5.32 Å². The quantitative estimate of drug-likeness (QED) is 0.906. The van der Waals surface area contributed by atoms with Crippen molar-refractivity contribution in [1.82, 2.24) is 4.90 Å². The van der Waals surface area contributed by atoms with E-state index in [0.29, 0.717) is 13.0 Å². The lowest BCUT2D eigenvalue weighted by molar-refractivity contribution is -0.133. The minimum atomic E-state index is -0.835. The Morgan fingerprint density at radius 2 is 1.68 bits per heavy atom. The van der Waals surface area contributed by atoms with E-state index in [0.717, 1.165) is 17.7 Å². The molecule has 130 valence electrons. The lowest BCUT2D eigenvalue weighted by Gasteiger charge is -2.17. The van der Waals surface area contributed by atoms with Gasteiger partial charge in [-0.15, -0.1) is 0 Å². The third-order valence-electron chi connectivity index (χ3n) is 4.29. The van der Waals surface area contributed by atoms with Gasteiger partial charge in [-0.3, -0.25) is 9.59 Å². The molecule has 25 heavy (non-hydrogen) atoms. The second-order valence-corrected chi connectivity index (χ2v) is 6.21. The molecule has 0 heterocycles. The Hall–Kier alpha value is -2.76. The maximum atomic E-state index is 13.6. The highest BCUT2D eigenvalue weighted by Gasteiger charge is 2.49. The number of hydrogen-bond acceptors (Lipinski definition) is 2. The number of anilines is 1. The van der Waals surface area contributed by atoms with Crippen LogP contribution >= 0.6 is 0 Å². The number of halogens is 2. The van der Waals surface area contributed by atoms with Crippen molar-refractivity contribution >= 4 is 17.5 Å². The van der Waals surface area contributed by atoms with Crippen LogP contribution in [0.2, 0.25) is 0 Å². The summed E-state index contributed by atoms with van der Waals surface area (Å²) >= 11 is 0. The molecule has 3 rings (SSSR count). The first kappa shape index (κ1) is 17.1. The second kappa shape index (κ2) is 7.01. The summed E-state index contributed by atoms with van der Waals surface area (Å²) in [6, 6.07) is 12.9. The van der Waals surface area contributed by atoms with Gasteiger partial charge in [-0.1, -0.05) is 36.4 Å². The number of benzene rings is 2. The molecule has 1 N–H and O–H groups in total. The Labute approximate surface area is 144 Å². The first-order chi connectivity index (χ1) is 12.0. The van der Waals surface area contributed by atoms with Gasteiger partial charge in [-0.05, 0) is 24.1 Å². The molecule has 0 spiro atoms. The van der Waals surface area contributed by atoms with Crippen LogP contribution in [0.5, 0.6) is 0 Å². The van der Waals surface area contributed by atoms with Crippen molar-refractivity contribution in [3.05, 3.63) is 65.7 Å². The normalized spacial score (nSPS) is 18.5. The van der Waals surface area contributed by atoms with Gasteiger partial charge in [0.1, 0.15) is 17.3 Å². The van der Waals surface area contributed by atoms with Crippen LogP contribution in [-0.2, 0) is 16.1 Å². The van der Waals surface area contributed by atoms with E-state index in [1.165, 1.54) is 6.07 Å². The molecule has 0 aromatic heterocycles. The highest BCUT2D eigenvalue weighted by Crippen LogP contribution is 2.41. The van der Waals surface area contributed by atoms with Crippen LogP contribution in [0.3, 0.4) is 0 Å². The zero-order valence-corrected chi connectivity index (χ0v) is 13.7. The number of para-hydroxylation sites is 1. The van der Waals surface area contributed by atoms with E-state index in [1.807, 2.05) is 30.3 Å². The molecule has 2 amide bonds. The summed E-state index contributed by atoms with van der Waals surface area (Å²) in [6.07, 6.45) is 0.389. The highest BCUT2D eigenvalue weighted by atomic mass is 19.1. The minimum absolute atomic E-state index is 0.141. The molecule has 2 atom stereocenters. The topological polar surface area (TPSA) is 49.4 Å². The minimum Gasteiger partial charge on any atom is -0.341 e. The molecular weight excluding hydrogens is 326 g/mol. The van der Waals surface area contributed by atoms with Crippen LogP contribution in [0, 0.1) is 23.5 Å². The Morgan fingerprint density at radius 3 is 2.32 bits per heavy atom. The molecule has 4 nitrogen and oxygen atoms in total. The van der Waals surface area contributed by atoms with E-state index in [-0.39, 0.29) is 5.91 Å². The van der Waals surface area contributed by atoms with E-state index in [4.69, 9.17) is 0 Å². The Balaban J connectivity index is 1.58. The standard InChI is InChI=1S/C19H18F2N2O2/c1-23(11-12-6-3-2-4-7-12)19(25)14-10-13(14)18(24)22-17-15(20)8-5-9-16(17)21/h2-9,13-14H,10-11H2,1H3,(H,22,24). The number of amides is 2.